The fourth-order valence-corrected chi connectivity index (χ4v) is 4.41. The molecule has 8 heteroatoms. The second-order valence-corrected chi connectivity index (χ2v) is 7.86. The molecule has 7 nitrogen and oxygen atoms in total. The van der Waals surface area contributed by atoms with E-state index in [0.29, 0.717) is 24.4 Å². The molecule has 1 aromatic heterocycles. The van der Waals surface area contributed by atoms with Crippen LogP contribution in [0.3, 0.4) is 0 Å². The lowest BCUT2D eigenvalue weighted by molar-refractivity contribution is 0.0337. The molecule has 0 aliphatic carbocycles. The summed E-state index contributed by atoms with van der Waals surface area (Å²) in [5, 5.41) is 3.20. The third-order valence-electron chi connectivity index (χ3n) is 5.18. The first-order valence-corrected chi connectivity index (χ1v) is 10.5. The number of anilines is 1. The third kappa shape index (κ3) is 4.45. The van der Waals surface area contributed by atoms with Crippen molar-refractivity contribution in [2.45, 2.75) is 6.54 Å². The number of aromatic nitrogens is 1. The number of carbonyl (C=O) groups is 1. The molecule has 2 fully saturated rings. The number of methoxy groups -OCH3 is 1. The number of amides is 1. The lowest BCUT2D eigenvalue weighted by atomic mass is 10.1. The predicted octanol–water partition coefficient (Wildman–Crippen LogP) is 1.95. The van der Waals surface area contributed by atoms with Crippen LogP contribution in [0.15, 0.2) is 29.6 Å². The van der Waals surface area contributed by atoms with E-state index in [1.54, 1.807) is 24.5 Å². The van der Waals surface area contributed by atoms with Gasteiger partial charge in [0, 0.05) is 56.8 Å². The molecular weight excluding hydrogens is 376 g/mol. The van der Waals surface area contributed by atoms with Crippen molar-refractivity contribution < 1.29 is 14.3 Å². The van der Waals surface area contributed by atoms with Crippen LogP contribution in [0.25, 0.3) is 0 Å². The molecule has 2 aromatic rings. The second-order valence-electron chi connectivity index (χ2n) is 7.02. The topological polar surface area (TPSA) is 58.1 Å². The number of hydrogen-bond acceptors (Lipinski definition) is 7. The summed E-state index contributed by atoms with van der Waals surface area (Å²) in [5.74, 6) is 0.769. The van der Waals surface area contributed by atoms with E-state index >= 15 is 0 Å². The Balaban J connectivity index is 1.32. The van der Waals surface area contributed by atoms with Gasteiger partial charge in [-0.15, -0.1) is 11.3 Å². The van der Waals surface area contributed by atoms with Gasteiger partial charge in [0.05, 0.1) is 26.0 Å². The maximum Gasteiger partial charge on any atom is 0.254 e. The molecule has 1 amide bonds. The van der Waals surface area contributed by atoms with Crippen LogP contribution in [0.2, 0.25) is 0 Å². The quantitative estimate of drug-likeness (QED) is 0.762. The van der Waals surface area contributed by atoms with E-state index in [4.69, 9.17) is 14.5 Å². The Bertz CT molecular complexity index is 798. The number of hydrogen-bond donors (Lipinski definition) is 0. The number of ether oxygens (including phenoxy) is 2. The molecule has 2 aliphatic rings. The maximum absolute atomic E-state index is 12.8. The van der Waals surface area contributed by atoms with Gasteiger partial charge in [0.25, 0.3) is 5.91 Å². The van der Waals surface area contributed by atoms with E-state index in [0.717, 1.165) is 56.8 Å². The van der Waals surface area contributed by atoms with E-state index in [1.807, 2.05) is 23.1 Å². The van der Waals surface area contributed by atoms with Gasteiger partial charge in [-0.1, -0.05) is 6.07 Å². The third-order valence-corrected chi connectivity index (χ3v) is 6.13. The van der Waals surface area contributed by atoms with Crippen molar-refractivity contribution in [3.63, 3.8) is 0 Å². The van der Waals surface area contributed by atoms with Crippen molar-refractivity contribution in [2.75, 3.05) is 64.5 Å². The van der Waals surface area contributed by atoms with Crippen LogP contribution in [-0.2, 0) is 11.3 Å². The van der Waals surface area contributed by atoms with Crippen LogP contribution in [0.4, 0.5) is 5.13 Å². The van der Waals surface area contributed by atoms with Crippen molar-refractivity contribution in [3.05, 3.63) is 40.9 Å². The van der Waals surface area contributed by atoms with Crippen LogP contribution in [0, 0.1) is 0 Å². The Morgan fingerprint density at radius 2 is 1.96 bits per heavy atom. The first-order valence-electron chi connectivity index (χ1n) is 9.66. The molecule has 1 aromatic carbocycles. The Hall–Kier alpha value is -2.16. The monoisotopic (exact) mass is 402 g/mol. The van der Waals surface area contributed by atoms with E-state index < -0.39 is 0 Å². The summed E-state index contributed by atoms with van der Waals surface area (Å²) in [5.41, 5.74) is 1.80. The number of carbonyl (C=O) groups excluding carboxylic acids is 1. The molecule has 4 rings (SSSR count). The zero-order chi connectivity index (χ0) is 19.3. The first kappa shape index (κ1) is 19.2. The summed E-state index contributed by atoms with van der Waals surface area (Å²) in [6.45, 7) is 7.45. The molecule has 2 aliphatic heterocycles. The zero-order valence-corrected chi connectivity index (χ0v) is 17.0. The minimum atomic E-state index is 0.0608. The fraction of sp³-hybridized carbons (Fsp3) is 0.500. The van der Waals surface area contributed by atoms with Crippen LogP contribution in [0.1, 0.15) is 16.1 Å². The SMILES string of the molecule is COc1cccc(C(=O)N2CCN(c3nc(CN4CCOCC4)cs3)CC2)c1. The van der Waals surface area contributed by atoms with E-state index in [-0.39, 0.29) is 5.91 Å². The van der Waals surface area contributed by atoms with Crippen LogP contribution >= 0.6 is 11.3 Å². The summed E-state index contributed by atoms with van der Waals surface area (Å²) in [4.78, 5) is 24.2. The molecule has 3 heterocycles. The number of benzene rings is 1. The summed E-state index contributed by atoms with van der Waals surface area (Å²) in [6.07, 6.45) is 0. The van der Waals surface area contributed by atoms with Gasteiger partial charge in [0.1, 0.15) is 5.75 Å². The minimum Gasteiger partial charge on any atom is -0.497 e. The number of morpholine rings is 1. The van der Waals surface area contributed by atoms with Gasteiger partial charge in [0.2, 0.25) is 0 Å². The molecule has 0 atom stereocenters. The molecule has 0 unspecified atom stereocenters. The van der Waals surface area contributed by atoms with Crippen molar-refractivity contribution in [3.8, 4) is 5.75 Å². The number of piperazine rings is 1. The van der Waals surface area contributed by atoms with Crippen molar-refractivity contribution in [1.82, 2.24) is 14.8 Å². The molecular formula is C20H26N4O3S. The van der Waals surface area contributed by atoms with Crippen molar-refractivity contribution in [1.29, 1.82) is 0 Å². The van der Waals surface area contributed by atoms with Crippen molar-refractivity contribution in [2.24, 2.45) is 0 Å². The normalized spacial score (nSPS) is 18.3. The molecule has 0 saturated carbocycles. The predicted molar refractivity (Wildman–Crippen MR) is 109 cm³/mol. The molecule has 0 radical (unpaired) electrons. The van der Waals surface area contributed by atoms with Crippen LogP contribution < -0.4 is 9.64 Å². The van der Waals surface area contributed by atoms with Gasteiger partial charge in [-0.2, -0.15) is 0 Å². The van der Waals surface area contributed by atoms with Gasteiger partial charge in [0.15, 0.2) is 5.13 Å². The van der Waals surface area contributed by atoms with Crippen LogP contribution in [-0.4, -0.2) is 80.3 Å². The van der Waals surface area contributed by atoms with Gasteiger partial charge in [-0.25, -0.2) is 4.98 Å². The molecule has 2 saturated heterocycles. The highest BCUT2D eigenvalue weighted by molar-refractivity contribution is 7.13. The largest absolute Gasteiger partial charge is 0.497 e. The van der Waals surface area contributed by atoms with Crippen molar-refractivity contribution >= 4 is 22.4 Å². The standard InChI is InChI=1S/C20H26N4O3S/c1-26-18-4-2-3-16(13-18)19(25)23-5-7-24(8-6-23)20-21-17(15-28-20)14-22-9-11-27-12-10-22/h2-4,13,15H,5-12,14H2,1H3. The first-order chi connectivity index (χ1) is 13.7. The van der Waals surface area contributed by atoms with E-state index in [2.05, 4.69) is 15.2 Å². The smallest absolute Gasteiger partial charge is 0.254 e. The van der Waals surface area contributed by atoms with E-state index in [9.17, 15) is 4.79 Å². The number of nitrogens with zero attached hydrogens (tertiary/aromatic N) is 4. The molecule has 0 spiro atoms. The molecule has 0 bridgehead atoms. The van der Waals surface area contributed by atoms with Gasteiger partial charge >= 0.3 is 0 Å². The van der Waals surface area contributed by atoms with Gasteiger partial charge < -0.3 is 19.3 Å². The minimum absolute atomic E-state index is 0.0608. The summed E-state index contributed by atoms with van der Waals surface area (Å²) in [6, 6.07) is 7.35. The fourth-order valence-electron chi connectivity index (χ4n) is 3.54. The Labute approximate surface area is 169 Å². The highest BCUT2D eigenvalue weighted by atomic mass is 32.1. The summed E-state index contributed by atoms with van der Waals surface area (Å²) in [7, 11) is 1.61. The summed E-state index contributed by atoms with van der Waals surface area (Å²) < 4.78 is 10.6. The zero-order valence-electron chi connectivity index (χ0n) is 16.2. The van der Waals surface area contributed by atoms with E-state index in [1.165, 1.54) is 0 Å². The molecule has 150 valence electrons. The Morgan fingerprint density at radius 1 is 1.18 bits per heavy atom. The molecule has 28 heavy (non-hydrogen) atoms. The maximum atomic E-state index is 12.8. The Morgan fingerprint density at radius 3 is 2.71 bits per heavy atom. The van der Waals surface area contributed by atoms with Gasteiger partial charge in [-0.05, 0) is 18.2 Å². The Kier molecular flexibility index (Phi) is 6.09. The number of thiazole rings is 1. The average molecular weight is 403 g/mol. The van der Waals surface area contributed by atoms with Gasteiger partial charge in [-0.3, -0.25) is 9.69 Å². The summed E-state index contributed by atoms with van der Waals surface area (Å²) >= 11 is 1.69. The molecule has 0 N–H and O–H groups in total. The van der Waals surface area contributed by atoms with Crippen LogP contribution in [0.5, 0.6) is 5.75 Å². The highest BCUT2D eigenvalue weighted by Crippen LogP contribution is 2.23. The highest BCUT2D eigenvalue weighted by Gasteiger charge is 2.24. The average Bonchev–Trinajstić information content (AvgIpc) is 3.22. The number of rotatable bonds is 5. The lowest BCUT2D eigenvalue weighted by Gasteiger charge is -2.34. The second kappa shape index (κ2) is 8.89. The lowest BCUT2D eigenvalue weighted by Crippen LogP contribution is -2.48.